The van der Waals surface area contributed by atoms with Crippen LogP contribution >= 0.6 is 21.6 Å². The van der Waals surface area contributed by atoms with E-state index in [0.717, 1.165) is 18.9 Å². The monoisotopic (exact) mass is 684 g/mol. The van der Waals surface area contributed by atoms with Crippen molar-refractivity contribution in [3.8, 4) is 17.6 Å². The Labute approximate surface area is 284 Å². The van der Waals surface area contributed by atoms with Crippen molar-refractivity contribution in [2.45, 2.75) is 58.8 Å². The summed E-state index contributed by atoms with van der Waals surface area (Å²) in [5, 5.41) is 5.57. The van der Waals surface area contributed by atoms with Gasteiger partial charge in [-0.2, -0.15) is 0 Å². The fourth-order valence-corrected chi connectivity index (χ4v) is 5.71. The van der Waals surface area contributed by atoms with Crippen molar-refractivity contribution < 1.29 is 38.0 Å². The van der Waals surface area contributed by atoms with Crippen LogP contribution in [0.15, 0.2) is 24.3 Å². The topological polar surface area (TPSA) is 114 Å². The number of benzene rings is 1. The number of carbonyl (C=O) groups excluding carboxylic acids is 2. The summed E-state index contributed by atoms with van der Waals surface area (Å²) in [7, 11) is 3.09. The van der Waals surface area contributed by atoms with E-state index >= 15 is 0 Å². The summed E-state index contributed by atoms with van der Waals surface area (Å²) in [4.78, 5) is 23.8. The highest BCUT2D eigenvalue weighted by Crippen LogP contribution is 2.35. The van der Waals surface area contributed by atoms with Gasteiger partial charge in [0.05, 0.1) is 52.8 Å². The fraction of sp³-hybridized carbons (Fsp3) is 0.706. The zero-order chi connectivity index (χ0) is 33.9. The predicted octanol–water partition coefficient (Wildman–Crippen LogP) is 5.21. The van der Waals surface area contributed by atoms with Gasteiger partial charge in [0.15, 0.2) is 4.93 Å². The Balaban J connectivity index is 2.24. The van der Waals surface area contributed by atoms with Gasteiger partial charge >= 0.3 is 0 Å². The minimum absolute atomic E-state index is 0.0558. The highest BCUT2D eigenvalue weighted by molar-refractivity contribution is 8.76. The van der Waals surface area contributed by atoms with E-state index < -0.39 is 4.93 Å². The standard InChI is InChI=1S/C34H56N2O8S2/c1-28(2)11-7-8-17-39-19-21-41-22-20-40-18-16-36-33(38)30-13-9-14-31(25-30)43-27-34(5,46-45-6)44-24-23-42-26-32(37)35-15-10-12-29(3)4/h9,13-14,25,28-29H,7-8,11,15-24,26-27H2,1-6H3,(H,35,37)(H,36,38)/t34-/m0/s1. The van der Waals surface area contributed by atoms with Crippen LogP contribution in [0.1, 0.15) is 64.2 Å². The normalized spacial score (nSPS) is 12.4. The van der Waals surface area contributed by atoms with Crippen LogP contribution in [0.2, 0.25) is 0 Å². The highest BCUT2D eigenvalue weighted by atomic mass is 33.1. The summed E-state index contributed by atoms with van der Waals surface area (Å²) < 4.78 is 34.1. The Morgan fingerprint density at radius 1 is 0.891 bits per heavy atom. The van der Waals surface area contributed by atoms with E-state index in [9.17, 15) is 9.59 Å². The van der Waals surface area contributed by atoms with Gasteiger partial charge in [-0.05, 0) is 43.7 Å². The summed E-state index contributed by atoms with van der Waals surface area (Å²) in [5.74, 6) is 7.04. The number of ether oxygens (including phenoxy) is 6. The third-order valence-corrected chi connectivity index (χ3v) is 8.40. The van der Waals surface area contributed by atoms with Gasteiger partial charge in [-0.25, -0.2) is 0 Å². The molecule has 0 heterocycles. The maximum Gasteiger partial charge on any atom is 0.251 e. The van der Waals surface area contributed by atoms with E-state index in [-0.39, 0.29) is 44.2 Å². The smallest absolute Gasteiger partial charge is 0.251 e. The molecule has 0 saturated carbocycles. The molecule has 0 saturated heterocycles. The van der Waals surface area contributed by atoms with Gasteiger partial charge in [-0.15, -0.1) is 0 Å². The van der Waals surface area contributed by atoms with E-state index in [1.165, 1.54) is 23.6 Å². The summed E-state index contributed by atoms with van der Waals surface area (Å²) in [5.41, 5.74) is 0.493. The van der Waals surface area contributed by atoms with Gasteiger partial charge in [-0.3, -0.25) is 9.59 Å². The second-order valence-electron chi connectivity index (χ2n) is 11.3. The molecule has 10 nitrogen and oxygen atoms in total. The summed E-state index contributed by atoms with van der Waals surface area (Å²) in [6.45, 7) is 15.1. The molecule has 0 unspecified atom stereocenters. The van der Waals surface area contributed by atoms with Crippen molar-refractivity contribution in [1.29, 1.82) is 0 Å². The molecule has 0 aromatic heterocycles. The summed E-state index contributed by atoms with van der Waals surface area (Å²) in [6, 6.07) is 7.02. The maximum atomic E-state index is 12.6. The first-order valence-corrected chi connectivity index (χ1v) is 18.6. The lowest BCUT2D eigenvalue weighted by Gasteiger charge is -2.28. The van der Waals surface area contributed by atoms with Gasteiger partial charge in [0.1, 0.15) is 19.0 Å². The maximum absolute atomic E-state index is 12.6. The molecule has 0 aliphatic rings. The van der Waals surface area contributed by atoms with Crippen LogP contribution in [0.25, 0.3) is 0 Å². The van der Waals surface area contributed by atoms with Crippen molar-refractivity contribution in [3.63, 3.8) is 0 Å². The molecule has 1 aromatic carbocycles. The second kappa shape index (κ2) is 27.0. The van der Waals surface area contributed by atoms with Crippen LogP contribution in [0.3, 0.4) is 0 Å². The molecule has 0 aliphatic heterocycles. The number of amides is 2. The molecular weight excluding hydrogens is 629 g/mol. The Hall–Kier alpha value is -1.98. The third-order valence-electron chi connectivity index (χ3n) is 6.09. The molecule has 0 radical (unpaired) electrons. The first-order valence-electron chi connectivity index (χ1n) is 16.1. The largest absolute Gasteiger partial charge is 0.490 e. The summed E-state index contributed by atoms with van der Waals surface area (Å²) in [6.07, 6.45) is 5.49. The molecule has 1 aromatic rings. The molecular formula is C34H56N2O8S2. The van der Waals surface area contributed by atoms with Crippen LogP contribution in [-0.2, 0) is 28.5 Å². The highest BCUT2D eigenvalue weighted by Gasteiger charge is 2.27. The summed E-state index contributed by atoms with van der Waals surface area (Å²) >= 11 is 0. The van der Waals surface area contributed by atoms with Gasteiger partial charge in [0, 0.05) is 24.6 Å². The van der Waals surface area contributed by atoms with Crippen molar-refractivity contribution >= 4 is 33.4 Å². The average Bonchev–Trinajstić information content (AvgIpc) is 3.02. The quantitative estimate of drug-likeness (QED) is 0.0555. The first-order chi connectivity index (χ1) is 22.1. The van der Waals surface area contributed by atoms with E-state index in [2.05, 4.69) is 36.3 Å². The fourth-order valence-electron chi connectivity index (χ4n) is 3.78. The lowest BCUT2D eigenvalue weighted by Crippen LogP contribution is -2.33. The molecule has 0 spiro atoms. The lowest BCUT2D eigenvalue weighted by molar-refractivity contribution is -0.126. The number of rotatable bonds is 27. The molecule has 1 atom stereocenters. The van der Waals surface area contributed by atoms with Crippen LogP contribution in [0, 0.1) is 23.7 Å². The Kier molecular flexibility index (Phi) is 24.7. The Morgan fingerprint density at radius 2 is 1.59 bits per heavy atom. The Morgan fingerprint density at radius 3 is 2.28 bits per heavy atom. The number of unbranched alkanes of at least 4 members (excludes halogenated alkanes) is 1. The molecule has 1 rings (SSSR count). The van der Waals surface area contributed by atoms with Gasteiger partial charge < -0.3 is 39.1 Å². The minimum Gasteiger partial charge on any atom is -0.490 e. The van der Waals surface area contributed by atoms with Crippen LogP contribution in [0.4, 0.5) is 0 Å². The van der Waals surface area contributed by atoms with Crippen molar-refractivity contribution in [3.05, 3.63) is 29.8 Å². The Bertz CT molecular complexity index is 1020. The van der Waals surface area contributed by atoms with Gasteiger partial charge in [0.2, 0.25) is 5.91 Å². The number of hydrogen-bond donors (Lipinski definition) is 2. The van der Waals surface area contributed by atoms with E-state index in [1.807, 2.05) is 27.0 Å². The average molecular weight is 685 g/mol. The molecule has 0 fully saturated rings. The molecule has 2 N–H and O–H groups in total. The minimum atomic E-state index is -0.670. The van der Waals surface area contributed by atoms with Crippen LogP contribution < -0.4 is 15.4 Å². The molecule has 0 bridgehead atoms. The molecule has 46 heavy (non-hydrogen) atoms. The van der Waals surface area contributed by atoms with Crippen LogP contribution in [0.5, 0.6) is 5.75 Å². The van der Waals surface area contributed by atoms with E-state index in [4.69, 9.17) is 28.4 Å². The van der Waals surface area contributed by atoms with Crippen LogP contribution in [-0.4, -0.2) is 102 Å². The molecule has 0 aliphatic carbocycles. The molecule has 262 valence electrons. The first kappa shape index (κ1) is 42.0. The van der Waals surface area contributed by atoms with Gasteiger partial charge in [-0.1, -0.05) is 80.0 Å². The lowest BCUT2D eigenvalue weighted by atomic mass is 10.1. The van der Waals surface area contributed by atoms with Gasteiger partial charge in [0.25, 0.3) is 5.91 Å². The zero-order valence-electron chi connectivity index (χ0n) is 28.7. The number of hydrogen-bond acceptors (Lipinski definition) is 10. The van der Waals surface area contributed by atoms with Crippen molar-refractivity contribution in [2.24, 2.45) is 11.8 Å². The van der Waals surface area contributed by atoms with Crippen molar-refractivity contribution in [2.75, 3.05) is 85.4 Å². The molecule has 12 heteroatoms. The zero-order valence-corrected chi connectivity index (χ0v) is 30.3. The molecule has 2 amide bonds. The third kappa shape index (κ3) is 23.4. The number of nitrogens with one attached hydrogen (secondary N) is 2. The van der Waals surface area contributed by atoms with E-state index in [1.54, 1.807) is 35.1 Å². The van der Waals surface area contributed by atoms with Crippen molar-refractivity contribution in [1.82, 2.24) is 10.6 Å². The van der Waals surface area contributed by atoms with E-state index in [0.29, 0.717) is 57.4 Å². The number of carbonyl (C=O) groups is 2. The predicted molar refractivity (Wildman–Crippen MR) is 187 cm³/mol. The second-order valence-corrected chi connectivity index (χ2v) is 14.2. The SMILES string of the molecule is CSS[C@@](C)(COc1cccc(C(=O)NCCOCCOCCOCCCCC(C)C)c1)OCCOCC(=O)NCC#CC(C)C.